The van der Waals surface area contributed by atoms with Crippen LogP contribution in [0.3, 0.4) is 0 Å². The summed E-state index contributed by atoms with van der Waals surface area (Å²) in [6, 6.07) is 0. The third kappa shape index (κ3) is 4.17. The monoisotopic (exact) mass is 588 g/mol. The molecule has 4 N–H and O–H groups in total. The van der Waals surface area contributed by atoms with Crippen LogP contribution >= 0.6 is 0 Å². The van der Waals surface area contributed by atoms with Gasteiger partial charge in [0.15, 0.2) is 6.29 Å². The van der Waals surface area contributed by atoms with Crippen LogP contribution in [0.1, 0.15) is 113 Å². The maximum Gasteiger partial charge on any atom is 0.186 e. The lowest BCUT2D eigenvalue weighted by Gasteiger charge is -2.74. The van der Waals surface area contributed by atoms with E-state index in [4.69, 9.17) is 9.47 Å². The third-order valence-electron chi connectivity index (χ3n) is 15.7. The number of rotatable bonds is 3. The van der Waals surface area contributed by atoms with Gasteiger partial charge in [-0.1, -0.05) is 60.6 Å². The highest BCUT2D eigenvalue weighted by molar-refractivity contribution is 5.21. The highest BCUT2D eigenvalue weighted by Gasteiger charge is 2.70. The Morgan fingerprint density at radius 2 is 1.52 bits per heavy atom. The van der Waals surface area contributed by atoms with Crippen LogP contribution in [0.2, 0.25) is 0 Å². The Labute approximate surface area is 254 Å². The van der Waals surface area contributed by atoms with Crippen LogP contribution < -0.4 is 0 Å². The fraction of sp³-hybridized carbons (Fsp3) is 0.944. The standard InChI is InChI=1S/C36H60O6/c1-20-11-14-33(5)17-18-35(7)22(27(33)21(20)2)9-10-25-34(6)15-13-26(32(3,4)24(34)12-16-36(25,35)8)42-31-30(40)29(39)28(38)23(19-37)41-31/h21-31,37-40H,1,9-19H2,2-8H3/t21-,22-,23-,24+,25-,26+,27-,28-,29+,30-,31+,33-,34+,35-,36-/m1/s1. The predicted molar refractivity (Wildman–Crippen MR) is 163 cm³/mol. The molecular weight excluding hydrogens is 528 g/mol. The van der Waals surface area contributed by atoms with Crippen LogP contribution in [0.4, 0.5) is 0 Å². The van der Waals surface area contributed by atoms with Crippen LogP contribution in [0.5, 0.6) is 0 Å². The number of aliphatic hydroxyl groups excluding tert-OH is 4. The van der Waals surface area contributed by atoms with E-state index in [9.17, 15) is 20.4 Å². The van der Waals surface area contributed by atoms with Crippen molar-refractivity contribution in [2.24, 2.45) is 56.7 Å². The molecule has 1 saturated heterocycles. The highest BCUT2D eigenvalue weighted by Crippen LogP contribution is 2.77. The first-order valence-electron chi connectivity index (χ1n) is 17.2. The van der Waals surface area contributed by atoms with Gasteiger partial charge in [-0.05, 0) is 121 Å². The van der Waals surface area contributed by atoms with Crippen molar-refractivity contribution in [3.63, 3.8) is 0 Å². The van der Waals surface area contributed by atoms with Crippen molar-refractivity contribution in [1.29, 1.82) is 0 Å². The van der Waals surface area contributed by atoms with Gasteiger partial charge in [0.1, 0.15) is 24.4 Å². The zero-order valence-electron chi connectivity index (χ0n) is 27.4. The van der Waals surface area contributed by atoms with E-state index in [1.165, 1.54) is 56.9 Å². The van der Waals surface area contributed by atoms with Gasteiger partial charge < -0.3 is 29.9 Å². The molecule has 5 saturated carbocycles. The van der Waals surface area contributed by atoms with Crippen LogP contribution in [0.15, 0.2) is 12.2 Å². The van der Waals surface area contributed by atoms with Crippen molar-refractivity contribution in [2.45, 2.75) is 149 Å². The van der Waals surface area contributed by atoms with Gasteiger partial charge >= 0.3 is 0 Å². The second-order valence-corrected chi connectivity index (χ2v) is 17.5. The number of hydrogen-bond donors (Lipinski definition) is 4. The van der Waals surface area contributed by atoms with Gasteiger partial charge in [-0.15, -0.1) is 0 Å². The molecule has 5 aliphatic carbocycles. The Hall–Kier alpha value is -0.500. The largest absolute Gasteiger partial charge is 0.394 e. The van der Waals surface area contributed by atoms with E-state index in [2.05, 4.69) is 55.0 Å². The van der Waals surface area contributed by atoms with Gasteiger partial charge in [-0.2, -0.15) is 0 Å². The Morgan fingerprint density at radius 3 is 2.21 bits per heavy atom. The molecule has 6 nitrogen and oxygen atoms in total. The minimum Gasteiger partial charge on any atom is -0.394 e. The summed E-state index contributed by atoms with van der Waals surface area (Å²) in [6.45, 7) is 21.8. The number of ether oxygens (including phenoxy) is 2. The lowest BCUT2D eigenvalue weighted by Crippen LogP contribution is -2.67. The molecule has 15 atom stereocenters. The molecular formula is C36H60O6. The van der Waals surface area contributed by atoms with Gasteiger partial charge in [-0.3, -0.25) is 0 Å². The number of aliphatic hydroxyl groups is 4. The summed E-state index contributed by atoms with van der Waals surface area (Å²) < 4.78 is 12.3. The van der Waals surface area contributed by atoms with E-state index in [0.717, 1.165) is 24.7 Å². The Kier molecular flexibility index (Phi) is 7.69. The van der Waals surface area contributed by atoms with Crippen molar-refractivity contribution < 1.29 is 29.9 Å². The first-order chi connectivity index (χ1) is 19.5. The molecule has 0 amide bonds. The molecule has 0 aromatic heterocycles. The molecule has 0 unspecified atom stereocenters. The van der Waals surface area contributed by atoms with E-state index in [-0.39, 0.29) is 16.9 Å². The highest BCUT2D eigenvalue weighted by atomic mass is 16.7. The lowest BCUT2D eigenvalue weighted by atomic mass is 9.31. The van der Waals surface area contributed by atoms with Gasteiger partial charge in [0.05, 0.1) is 12.7 Å². The first kappa shape index (κ1) is 31.5. The molecule has 0 spiro atoms. The molecule has 0 aromatic carbocycles. The zero-order chi connectivity index (χ0) is 30.6. The minimum absolute atomic E-state index is 0.141. The second-order valence-electron chi connectivity index (χ2n) is 17.5. The molecule has 6 rings (SSSR count). The van der Waals surface area contributed by atoms with Crippen molar-refractivity contribution in [3.8, 4) is 0 Å². The fourth-order valence-corrected chi connectivity index (χ4v) is 12.9. The Morgan fingerprint density at radius 1 is 0.810 bits per heavy atom. The normalized spacial score (nSPS) is 57.4. The van der Waals surface area contributed by atoms with Crippen molar-refractivity contribution >= 4 is 0 Å². The molecule has 42 heavy (non-hydrogen) atoms. The van der Waals surface area contributed by atoms with Crippen molar-refractivity contribution in [2.75, 3.05) is 6.61 Å². The molecule has 6 fully saturated rings. The Balaban J connectivity index is 1.25. The fourth-order valence-electron chi connectivity index (χ4n) is 12.9. The summed E-state index contributed by atoms with van der Waals surface area (Å²) in [7, 11) is 0. The lowest BCUT2D eigenvalue weighted by molar-refractivity contribution is -0.332. The number of hydrogen-bond acceptors (Lipinski definition) is 6. The minimum atomic E-state index is -1.41. The molecule has 6 aliphatic rings. The summed E-state index contributed by atoms with van der Waals surface area (Å²) in [5, 5.41) is 41.0. The topological polar surface area (TPSA) is 99.4 Å². The molecule has 6 heteroatoms. The SMILES string of the molecule is C=C1CC[C@]2(C)CC[C@]3(C)[C@H](CC[C@@H]4[C@@]5(C)CC[C@H](O[C@@H]6O[C@H](CO)[C@@H](O)[C@H](O)[C@H]6O)C(C)(C)[C@@H]5CC[C@]43C)[C@H]2[C@@H]1C. The average molecular weight is 589 g/mol. The Bertz CT molecular complexity index is 1060. The van der Waals surface area contributed by atoms with Crippen molar-refractivity contribution in [3.05, 3.63) is 12.2 Å². The smallest absolute Gasteiger partial charge is 0.186 e. The second kappa shape index (κ2) is 10.3. The van der Waals surface area contributed by atoms with Crippen LogP contribution in [-0.4, -0.2) is 63.8 Å². The molecule has 1 aliphatic heterocycles. The first-order valence-corrected chi connectivity index (χ1v) is 17.2. The summed E-state index contributed by atoms with van der Waals surface area (Å²) in [5.74, 6) is 3.29. The van der Waals surface area contributed by atoms with Gasteiger partial charge in [0.25, 0.3) is 0 Å². The summed E-state index contributed by atoms with van der Waals surface area (Å²) in [6.07, 6.45) is 5.97. The molecule has 0 aromatic rings. The van der Waals surface area contributed by atoms with E-state index in [1.807, 2.05) is 0 Å². The van der Waals surface area contributed by atoms with E-state index in [0.29, 0.717) is 34.0 Å². The van der Waals surface area contributed by atoms with E-state index < -0.39 is 37.3 Å². The van der Waals surface area contributed by atoms with Gasteiger partial charge in [0.2, 0.25) is 0 Å². The summed E-state index contributed by atoms with van der Waals surface area (Å²) >= 11 is 0. The van der Waals surface area contributed by atoms with Crippen LogP contribution in [0.25, 0.3) is 0 Å². The van der Waals surface area contributed by atoms with E-state index in [1.54, 1.807) is 0 Å². The molecule has 240 valence electrons. The average Bonchev–Trinajstić information content (AvgIpc) is 2.93. The number of fused-ring (bicyclic) bond motifs is 7. The third-order valence-corrected chi connectivity index (χ3v) is 15.7. The number of allylic oxidation sites excluding steroid dienone is 1. The predicted octanol–water partition coefficient (Wildman–Crippen LogP) is 5.85. The quantitative estimate of drug-likeness (QED) is 0.244. The van der Waals surface area contributed by atoms with Crippen LogP contribution in [0, 0.1) is 56.7 Å². The van der Waals surface area contributed by atoms with Crippen molar-refractivity contribution in [1.82, 2.24) is 0 Å². The van der Waals surface area contributed by atoms with E-state index >= 15 is 0 Å². The van der Waals surface area contributed by atoms with Gasteiger partial charge in [-0.25, -0.2) is 0 Å². The zero-order valence-corrected chi connectivity index (χ0v) is 27.4. The van der Waals surface area contributed by atoms with Gasteiger partial charge in [0, 0.05) is 0 Å². The molecule has 0 radical (unpaired) electrons. The molecule has 1 heterocycles. The summed E-state index contributed by atoms with van der Waals surface area (Å²) in [5.41, 5.74) is 2.66. The maximum atomic E-state index is 10.7. The summed E-state index contributed by atoms with van der Waals surface area (Å²) in [4.78, 5) is 0. The molecule has 0 bridgehead atoms. The maximum absolute atomic E-state index is 10.7. The van der Waals surface area contributed by atoms with Crippen LogP contribution in [-0.2, 0) is 9.47 Å².